The quantitative estimate of drug-likeness (QED) is 0.848. The van der Waals surface area contributed by atoms with Crippen LogP contribution in [0.5, 0.6) is 11.5 Å². The average Bonchev–Trinajstić information content (AvgIpc) is 2.40. The van der Waals surface area contributed by atoms with E-state index in [-0.39, 0.29) is 17.9 Å². The van der Waals surface area contributed by atoms with Gasteiger partial charge >= 0.3 is 5.97 Å². The monoisotopic (exact) mass is 279 g/mol. The highest BCUT2D eigenvalue weighted by atomic mass is 16.5. The molecule has 0 unspecified atom stereocenters. The van der Waals surface area contributed by atoms with Gasteiger partial charge < -0.3 is 19.9 Å². The SMILES string of the molecule is COc1cccc(C(=O)NC2CC(C(=O)O)C2)c1OC. The van der Waals surface area contributed by atoms with Crippen LogP contribution in [0.15, 0.2) is 18.2 Å². The number of nitrogens with one attached hydrogen (secondary N) is 1. The molecule has 20 heavy (non-hydrogen) atoms. The molecule has 1 fully saturated rings. The summed E-state index contributed by atoms with van der Waals surface area (Å²) in [6.07, 6.45) is 0.931. The second-order valence-corrected chi connectivity index (χ2v) is 4.72. The highest BCUT2D eigenvalue weighted by Gasteiger charge is 2.35. The van der Waals surface area contributed by atoms with Gasteiger partial charge in [0.15, 0.2) is 11.5 Å². The molecule has 0 aromatic heterocycles. The maximum Gasteiger partial charge on any atom is 0.306 e. The van der Waals surface area contributed by atoms with Crippen molar-refractivity contribution in [2.45, 2.75) is 18.9 Å². The molecule has 0 heterocycles. The molecule has 1 amide bonds. The second-order valence-electron chi connectivity index (χ2n) is 4.72. The standard InChI is InChI=1S/C14H17NO5/c1-19-11-5-3-4-10(12(11)20-2)13(16)15-9-6-8(7-9)14(17)18/h3-5,8-9H,6-7H2,1-2H3,(H,15,16)(H,17,18). The van der Waals surface area contributed by atoms with E-state index in [1.165, 1.54) is 14.2 Å². The summed E-state index contributed by atoms with van der Waals surface area (Å²) < 4.78 is 10.3. The van der Waals surface area contributed by atoms with E-state index in [0.29, 0.717) is 29.9 Å². The van der Waals surface area contributed by atoms with E-state index in [9.17, 15) is 9.59 Å². The van der Waals surface area contributed by atoms with Crippen molar-refractivity contribution < 1.29 is 24.2 Å². The number of amides is 1. The van der Waals surface area contributed by atoms with Gasteiger partial charge in [-0.3, -0.25) is 9.59 Å². The Morgan fingerprint density at radius 3 is 2.50 bits per heavy atom. The number of carbonyl (C=O) groups is 2. The summed E-state index contributed by atoms with van der Waals surface area (Å²) in [6.45, 7) is 0. The molecule has 0 radical (unpaired) electrons. The van der Waals surface area contributed by atoms with Gasteiger partial charge in [-0.25, -0.2) is 0 Å². The first-order valence-electron chi connectivity index (χ1n) is 6.31. The zero-order chi connectivity index (χ0) is 14.7. The largest absolute Gasteiger partial charge is 0.493 e. The van der Waals surface area contributed by atoms with Crippen LogP contribution < -0.4 is 14.8 Å². The lowest BCUT2D eigenvalue weighted by molar-refractivity contribution is -0.145. The number of aliphatic carboxylic acids is 1. The first-order valence-corrected chi connectivity index (χ1v) is 6.31. The van der Waals surface area contributed by atoms with E-state index in [2.05, 4.69) is 5.32 Å². The zero-order valence-corrected chi connectivity index (χ0v) is 11.4. The fraction of sp³-hybridized carbons (Fsp3) is 0.429. The lowest BCUT2D eigenvalue weighted by atomic mass is 9.80. The number of rotatable bonds is 5. The predicted molar refractivity (Wildman–Crippen MR) is 71.2 cm³/mol. The van der Waals surface area contributed by atoms with Crippen molar-refractivity contribution in [1.29, 1.82) is 0 Å². The number of carboxylic acid groups (broad SMARTS) is 1. The van der Waals surface area contributed by atoms with Gasteiger partial charge in [0.2, 0.25) is 0 Å². The maximum absolute atomic E-state index is 12.2. The minimum Gasteiger partial charge on any atom is -0.493 e. The summed E-state index contributed by atoms with van der Waals surface area (Å²) >= 11 is 0. The van der Waals surface area contributed by atoms with Gasteiger partial charge in [0.05, 0.1) is 25.7 Å². The van der Waals surface area contributed by atoms with Crippen LogP contribution in [0, 0.1) is 5.92 Å². The van der Waals surface area contributed by atoms with Crippen molar-refractivity contribution >= 4 is 11.9 Å². The normalized spacial score (nSPS) is 20.7. The van der Waals surface area contributed by atoms with Gasteiger partial charge in [-0.15, -0.1) is 0 Å². The predicted octanol–water partition coefficient (Wildman–Crippen LogP) is 1.30. The van der Waals surface area contributed by atoms with Crippen LogP contribution in [-0.4, -0.2) is 37.2 Å². The third-order valence-electron chi connectivity index (χ3n) is 3.47. The lowest BCUT2D eigenvalue weighted by Gasteiger charge is -2.32. The summed E-state index contributed by atoms with van der Waals surface area (Å²) in [5.41, 5.74) is 0.380. The molecule has 6 nitrogen and oxygen atoms in total. The molecule has 1 aromatic carbocycles. The molecule has 2 N–H and O–H groups in total. The Morgan fingerprint density at radius 2 is 1.95 bits per heavy atom. The molecule has 1 aliphatic carbocycles. The van der Waals surface area contributed by atoms with Crippen LogP contribution in [0.3, 0.4) is 0 Å². The number of hydrogen-bond donors (Lipinski definition) is 2. The number of para-hydroxylation sites is 1. The summed E-state index contributed by atoms with van der Waals surface area (Å²) in [5, 5.41) is 11.6. The number of benzene rings is 1. The Hall–Kier alpha value is -2.24. The molecular formula is C14H17NO5. The summed E-state index contributed by atoms with van der Waals surface area (Å²) in [4.78, 5) is 22.9. The lowest BCUT2D eigenvalue weighted by Crippen LogP contribution is -2.46. The fourth-order valence-electron chi connectivity index (χ4n) is 2.27. The van der Waals surface area contributed by atoms with E-state index < -0.39 is 5.97 Å². The number of carboxylic acids is 1. The molecule has 1 aliphatic rings. The molecule has 6 heteroatoms. The van der Waals surface area contributed by atoms with Gasteiger partial charge in [0.25, 0.3) is 5.91 Å². The topological polar surface area (TPSA) is 84.9 Å². The summed E-state index contributed by atoms with van der Waals surface area (Å²) in [6, 6.07) is 4.96. The van der Waals surface area contributed by atoms with E-state index in [0.717, 1.165) is 0 Å². The fourth-order valence-corrected chi connectivity index (χ4v) is 2.27. The molecular weight excluding hydrogens is 262 g/mol. The van der Waals surface area contributed by atoms with Crippen molar-refractivity contribution in [2.24, 2.45) is 5.92 Å². The first kappa shape index (κ1) is 14.2. The van der Waals surface area contributed by atoms with Gasteiger partial charge in [-0.1, -0.05) is 6.07 Å². The number of hydrogen-bond acceptors (Lipinski definition) is 4. The first-order chi connectivity index (χ1) is 9.56. The van der Waals surface area contributed by atoms with E-state index in [4.69, 9.17) is 14.6 Å². The van der Waals surface area contributed by atoms with Crippen molar-refractivity contribution in [1.82, 2.24) is 5.32 Å². The van der Waals surface area contributed by atoms with E-state index in [1.807, 2.05) is 0 Å². The molecule has 1 saturated carbocycles. The maximum atomic E-state index is 12.2. The van der Waals surface area contributed by atoms with Crippen LogP contribution in [0.25, 0.3) is 0 Å². The van der Waals surface area contributed by atoms with Crippen LogP contribution in [-0.2, 0) is 4.79 Å². The Kier molecular flexibility index (Phi) is 4.12. The molecule has 2 rings (SSSR count). The van der Waals surface area contributed by atoms with Crippen molar-refractivity contribution in [3.05, 3.63) is 23.8 Å². The molecule has 0 saturated heterocycles. The molecule has 0 atom stereocenters. The molecule has 108 valence electrons. The molecule has 1 aromatic rings. The van der Waals surface area contributed by atoms with Crippen molar-refractivity contribution in [3.8, 4) is 11.5 Å². The third-order valence-corrected chi connectivity index (χ3v) is 3.47. The zero-order valence-electron chi connectivity index (χ0n) is 11.4. The molecule has 0 bridgehead atoms. The highest BCUT2D eigenvalue weighted by Crippen LogP contribution is 2.32. The molecule has 0 spiro atoms. The number of ether oxygens (including phenoxy) is 2. The number of carbonyl (C=O) groups excluding carboxylic acids is 1. The highest BCUT2D eigenvalue weighted by molar-refractivity contribution is 5.98. The van der Waals surface area contributed by atoms with Crippen molar-refractivity contribution in [2.75, 3.05) is 14.2 Å². The van der Waals surface area contributed by atoms with Gasteiger partial charge in [0, 0.05) is 6.04 Å². The molecule has 0 aliphatic heterocycles. The van der Waals surface area contributed by atoms with Gasteiger partial charge in [-0.05, 0) is 25.0 Å². The minimum absolute atomic E-state index is 0.0977. The average molecular weight is 279 g/mol. The summed E-state index contributed by atoms with van der Waals surface area (Å²) in [7, 11) is 2.97. The van der Waals surface area contributed by atoms with Gasteiger partial charge in [-0.2, -0.15) is 0 Å². The van der Waals surface area contributed by atoms with Crippen LogP contribution in [0.4, 0.5) is 0 Å². The van der Waals surface area contributed by atoms with Crippen LogP contribution in [0.1, 0.15) is 23.2 Å². The Balaban J connectivity index is 2.05. The Morgan fingerprint density at radius 1 is 1.25 bits per heavy atom. The summed E-state index contributed by atoms with van der Waals surface area (Å²) in [5.74, 6) is -0.588. The van der Waals surface area contributed by atoms with E-state index in [1.54, 1.807) is 18.2 Å². The van der Waals surface area contributed by atoms with Crippen LogP contribution in [0.2, 0.25) is 0 Å². The van der Waals surface area contributed by atoms with E-state index >= 15 is 0 Å². The second kappa shape index (κ2) is 5.81. The Bertz CT molecular complexity index is 522. The minimum atomic E-state index is -0.811. The smallest absolute Gasteiger partial charge is 0.306 e. The Labute approximate surface area is 116 Å². The number of methoxy groups -OCH3 is 2. The third kappa shape index (κ3) is 2.68. The van der Waals surface area contributed by atoms with Gasteiger partial charge in [0.1, 0.15) is 0 Å². The van der Waals surface area contributed by atoms with Crippen LogP contribution >= 0.6 is 0 Å². The van der Waals surface area contributed by atoms with Crippen molar-refractivity contribution in [3.63, 3.8) is 0 Å².